The second kappa shape index (κ2) is 9.17. The van der Waals surface area contributed by atoms with Crippen molar-refractivity contribution in [1.82, 2.24) is 5.32 Å². The molecule has 20 heavy (non-hydrogen) atoms. The van der Waals surface area contributed by atoms with Crippen LogP contribution < -0.4 is 21.1 Å². The molecule has 112 valence electrons. The van der Waals surface area contributed by atoms with Gasteiger partial charge in [-0.25, -0.2) is 0 Å². The van der Waals surface area contributed by atoms with Gasteiger partial charge in [0.25, 0.3) is 0 Å². The zero-order chi connectivity index (χ0) is 14.3. The highest BCUT2D eigenvalue weighted by Gasteiger charge is 2.09. The molecule has 0 aliphatic carbocycles. The number of anilines is 1. The van der Waals surface area contributed by atoms with Crippen molar-refractivity contribution in [2.75, 3.05) is 18.5 Å². The Labute approximate surface area is 124 Å². The molecule has 1 aromatic carbocycles. The van der Waals surface area contributed by atoms with Crippen LogP contribution in [0, 0.1) is 0 Å². The molecule has 0 fully saturated rings. The van der Waals surface area contributed by atoms with Crippen LogP contribution in [-0.4, -0.2) is 31.0 Å². The zero-order valence-corrected chi connectivity index (χ0v) is 12.3. The zero-order valence-electron chi connectivity index (χ0n) is 11.5. The van der Waals surface area contributed by atoms with Crippen molar-refractivity contribution in [2.45, 2.75) is 19.9 Å². The quantitative estimate of drug-likeness (QED) is 0.728. The number of amides is 2. The van der Waals surface area contributed by atoms with E-state index >= 15 is 0 Å². The average molecular weight is 302 g/mol. The predicted octanol–water partition coefficient (Wildman–Crippen LogP) is 0.909. The number of benzene rings is 1. The first-order valence-electron chi connectivity index (χ1n) is 6.09. The topological polar surface area (TPSA) is 93.5 Å². The fourth-order valence-electron chi connectivity index (χ4n) is 1.33. The van der Waals surface area contributed by atoms with E-state index < -0.39 is 6.04 Å². The lowest BCUT2D eigenvalue weighted by Crippen LogP contribution is -2.41. The fourth-order valence-corrected chi connectivity index (χ4v) is 1.33. The van der Waals surface area contributed by atoms with E-state index in [9.17, 15) is 9.59 Å². The highest BCUT2D eigenvalue weighted by Crippen LogP contribution is 2.15. The largest absolute Gasteiger partial charge is 0.494 e. The molecule has 0 saturated heterocycles. The molecule has 0 spiro atoms. The molecule has 0 radical (unpaired) electrons. The Hall–Kier alpha value is -1.79. The van der Waals surface area contributed by atoms with E-state index in [-0.39, 0.29) is 30.8 Å². The third-order valence-corrected chi connectivity index (χ3v) is 2.29. The lowest BCUT2D eigenvalue weighted by atomic mass is 10.3. The summed E-state index contributed by atoms with van der Waals surface area (Å²) in [5.74, 6) is 0.0748. The van der Waals surface area contributed by atoms with Gasteiger partial charge in [0.2, 0.25) is 11.8 Å². The summed E-state index contributed by atoms with van der Waals surface area (Å²) < 4.78 is 5.29. The van der Waals surface area contributed by atoms with Gasteiger partial charge >= 0.3 is 0 Å². The minimum atomic E-state index is -0.627. The summed E-state index contributed by atoms with van der Waals surface area (Å²) in [5, 5.41) is 5.09. The van der Waals surface area contributed by atoms with Gasteiger partial charge in [0.1, 0.15) is 5.75 Å². The SMILES string of the molecule is CCOc1ccc(NC(=O)CNC(=O)[C@H](C)N)cc1.Cl. The van der Waals surface area contributed by atoms with E-state index in [1.807, 2.05) is 6.92 Å². The number of hydrogen-bond donors (Lipinski definition) is 3. The van der Waals surface area contributed by atoms with Crippen molar-refractivity contribution in [1.29, 1.82) is 0 Å². The molecule has 0 saturated carbocycles. The molecule has 0 aromatic heterocycles. The average Bonchev–Trinajstić information content (AvgIpc) is 2.38. The monoisotopic (exact) mass is 301 g/mol. The van der Waals surface area contributed by atoms with Gasteiger partial charge in [0.15, 0.2) is 0 Å². The summed E-state index contributed by atoms with van der Waals surface area (Å²) in [4.78, 5) is 22.7. The lowest BCUT2D eigenvalue weighted by Gasteiger charge is -2.09. The van der Waals surface area contributed by atoms with Crippen LogP contribution in [0.2, 0.25) is 0 Å². The molecule has 0 aliphatic heterocycles. The second-order valence-corrected chi connectivity index (χ2v) is 4.01. The number of rotatable bonds is 6. The molecule has 1 aromatic rings. The standard InChI is InChI=1S/C13H19N3O3.ClH/c1-3-19-11-6-4-10(5-7-11)16-12(17)8-15-13(18)9(2)14;/h4-7,9H,3,8,14H2,1-2H3,(H,15,18)(H,16,17);1H/t9-;/m0./s1. The minimum Gasteiger partial charge on any atom is -0.494 e. The van der Waals surface area contributed by atoms with Crippen LogP contribution in [0.3, 0.4) is 0 Å². The van der Waals surface area contributed by atoms with Crippen LogP contribution in [0.5, 0.6) is 5.75 Å². The summed E-state index contributed by atoms with van der Waals surface area (Å²) in [6.07, 6.45) is 0. The molecule has 0 heterocycles. The number of nitrogens with two attached hydrogens (primary N) is 1. The first-order chi connectivity index (χ1) is 9.02. The first-order valence-corrected chi connectivity index (χ1v) is 6.09. The molecule has 0 bridgehead atoms. The molecule has 1 atom stereocenters. The van der Waals surface area contributed by atoms with Crippen LogP contribution >= 0.6 is 12.4 Å². The van der Waals surface area contributed by atoms with Crippen molar-refractivity contribution in [2.24, 2.45) is 5.73 Å². The minimum absolute atomic E-state index is 0. The summed E-state index contributed by atoms with van der Waals surface area (Å²) in [6, 6.07) is 6.37. The normalized spacial score (nSPS) is 10.9. The van der Waals surface area contributed by atoms with E-state index in [1.54, 1.807) is 31.2 Å². The van der Waals surface area contributed by atoms with Gasteiger partial charge in [-0.1, -0.05) is 0 Å². The maximum atomic E-state index is 11.6. The van der Waals surface area contributed by atoms with E-state index in [0.717, 1.165) is 5.75 Å². The van der Waals surface area contributed by atoms with E-state index in [4.69, 9.17) is 10.5 Å². The number of nitrogens with one attached hydrogen (secondary N) is 2. The number of carbonyl (C=O) groups is 2. The molecule has 4 N–H and O–H groups in total. The molecule has 0 aliphatic rings. The second-order valence-electron chi connectivity index (χ2n) is 4.01. The van der Waals surface area contributed by atoms with E-state index in [0.29, 0.717) is 12.3 Å². The Morgan fingerprint density at radius 1 is 1.30 bits per heavy atom. The lowest BCUT2D eigenvalue weighted by molar-refractivity contribution is -0.124. The Morgan fingerprint density at radius 3 is 2.40 bits per heavy atom. The smallest absolute Gasteiger partial charge is 0.243 e. The van der Waals surface area contributed by atoms with Crippen molar-refractivity contribution in [3.8, 4) is 5.75 Å². The van der Waals surface area contributed by atoms with Gasteiger partial charge in [-0.2, -0.15) is 0 Å². The predicted molar refractivity (Wildman–Crippen MR) is 80.1 cm³/mol. The van der Waals surface area contributed by atoms with Crippen molar-refractivity contribution >= 4 is 29.9 Å². The third-order valence-electron chi connectivity index (χ3n) is 2.29. The number of carbonyl (C=O) groups excluding carboxylic acids is 2. The maximum absolute atomic E-state index is 11.6. The molecule has 0 unspecified atom stereocenters. The summed E-state index contributed by atoms with van der Waals surface area (Å²) in [5.41, 5.74) is 6.00. The molecule has 7 heteroatoms. The van der Waals surface area contributed by atoms with Crippen LogP contribution in [0.15, 0.2) is 24.3 Å². The van der Waals surface area contributed by atoms with Crippen LogP contribution in [-0.2, 0) is 9.59 Å². The first kappa shape index (κ1) is 18.2. The van der Waals surface area contributed by atoms with Crippen molar-refractivity contribution < 1.29 is 14.3 Å². The summed E-state index contributed by atoms with van der Waals surface area (Å²) >= 11 is 0. The van der Waals surface area contributed by atoms with Gasteiger partial charge in [-0.15, -0.1) is 12.4 Å². The van der Waals surface area contributed by atoms with Crippen LogP contribution in [0.4, 0.5) is 5.69 Å². The fraction of sp³-hybridized carbons (Fsp3) is 0.385. The van der Waals surface area contributed by atoms with Crippen molar-refractivity contribution in [3.63, 3.8) is 0 Å². The summed E-state index contributed by atoms with van der Waals surface area (Å²) in [6.45, 7) is 3.94. The molecule has 2 amide bonds. The van der Waals surface area contributed by atoms with Crippen molar-refractivity contribution in [3.05, 3.63) is 24.3 Å². The van der Waals surface area contributed by atoms with Gasteiger partial charge in [-0.05, 0) is 38.1 Å². The Morgan fingerprint density at radius 2 is 1.90 bits per heavy atom. The van der Waals surface area contributed by atoms with Gasteiger partial charge < -0.3 is 21.1 Å². The number of hydrogen-bond acceptors (Lipinski definition) is 4. The number of halogens is 1. The number of ether oxygens (including phenoxy) is 1. The van der Waals surface area contributed by atoms with Crippen LogP contribution in [0.25, 0.3) is 0 Å². The van der Waals surface area contributed by atoms with E-state index in [2.05, 4.69) is 10.6 Å². The Balaban J connectivity index is 0.00000361. The highest BCUT2D eigenvalue weighted by molar-refractivity contribution is 5.95. The van der Waals surface area contributed by atoms with Gasteiger partial charge in [0.05, 0.1) is 19.2 Å². The molecule has 1 rings (SSSR count). The van der Waals surface area contributed by atoms with Gasteiger partial charge in [-0.3, -0.25) is 9.59 Å². The molecular formula is C13H20ClN3O3. The summed E-state index contributed by atoms with van der Waals surface area (Å²) in [7, 11) is 0. The third kappa shape index (κ3) is 6.40. The Kier molecular flexibility index (Phi) is 8.35. The van der Waals surface area contributed by atoms with Gasteiger partial charge in [0, 0.05) is 5.69 Å². The maximum Gasteiger partial charge on any atom is 0.243 e. The molecular weight excluding hydrogens is 282 g/mol. The highest BCUT2D eigenvalue weighted by atomic mass is 35.5. The molecule has 6 nitrogen and oxygen atoms in total. The Bertz CT molecular complexity index is 435. The van der Waals surface area contributed by atoms with Crippen LogP contribution in [0.1, 0.15) is 13.8 Å². The van der Waals surface area contributed by atoms with E-state index in [1.165, 1.54) is 0 Å².